The third-order valence-corrected chi connectivity index (χ3v) is 3.32. The lowest BCUT2D eigenvalue weighted by atomic mass is 10.2. The van der Waals surface area contributed by atoms with E-state index < -0.39 is 0 Å². The van der Waals surface area contributed by atoms with Crippen LogP contribution in [0.25, 0.3) is 16.7 Å². The first-order chi connectivity index (χ1) is 10.1. The number of fused-ring (bicyclic) bond motifs is 1. The van der Waals surface area contributed by atoms with Crippen molar-refractivity contribution < 1.29 is 0 Å². The second-order valence-electron chi connectivity index (χ2n) is 4.74. The maximum Gasteiger partial charge on any atom is 0.277 e. The molecule has 0 aliphatic heterocycles. The topological polar surface area (TPSA) is 77.6 Å². The molecule has 21 heavy (non-hydrogen) atoms. The number of hydrogen-bond donors (Lipinski definition) is 1. The van der Waals surface area contributed by atoms with Crippen molar-refractivity contribution in [2.45, 2.75) is 13.8 Å². The van der Waals surface area contributed by atoms with E-state index in [2.05, 4.69) is 20.4 Å². The predicted octanol–water partition coefficient (Wildman–Crippen LogP) is 1.25. The van der Waals surface area contributed by atoms with Crippen LogP contribution in [0.15, 0.2) is 29.3 Å². The van der Waals surface area contributed by atoms with Gasteiger partial charge in [0.1, 0.15) is 11.3 Å². The monoisotopic (exact) mass is 284 g/mol. The number of pyridine rings is 1. The second kappa shape index (κ2) is 5.01. The molecule has 108 valence electrons. The highest BCUT2D eigenvalue weighted by atomic mass is 16.1. The maximum absolute atomic E-state index is 12.5. The first-order valence-electron chi connectivity index (χ1n) is 6.74. The fraction of sp³-hybridized carbons (Fsp3) is 0.286. The molecule has 3 aromatic rings. The predicted molar refractivity (Wildman–Crippen MR) is 80.8 cm³/mol. The number of aryl methyl sites for hydroxylation is 2. The summed E-state index contributed by atoms with van der Waals surface area (Å²) >= 11 is 0. The Morgan fingerprint density at radius 1 is 1.33 bits per heavy atom. The average Bonchev–Trinajstić information content (AvgIpc) is 2.98. The second-order valence-corrected chi connectivity index (χ2v) is 4.74. The lowest BCUT2D eigenvalue weighted by molar-refractivity contribution is 0.813. The molecule has 7 heteroatoms. The van der Waals surface area contributed by atoms with Gasteiger partial charge in [-0.25, -0.2) is 9.67 Å². The quantitative estimate of drug-likeness (QED) is 0.783. The SMILES string of the molecule is CCNc1nc(C)c2cc(-n3cccn3)c(=O)n(C)c2n1. The zero-order valence-electron chi connectivity index (χ0n) is 12.2. The van der Waals surface area contributed by atoms with Crippen molar-refractivity contribution in [3.05, 3.63) is 40.6 Å². The van der Waals surface area contributed by atoms with Crippen molar-refractivity contribution in [3.8, 4) is 5.69 Å². The molecule has 0 radical (unpaired) electrons. The Labute approximate surface area is 121 Å². The molecule has 0 bridgehead atoms. The van der Waals surface area contributed by atoms with Crippen LogP contribution in [0.3, 0.4) is 0 Å². The van der Waals surface area contributed by atoms with E-state index in [1.807, 2.05) is 13.8 Å². The molecule has 3 aromatic heterocycles. The van der Waals surface area contributed by atoms with Crippen molar-refractivity contribution >= 4 is 17.0 Å². The summed E-state index contributed by atoms with van der Waals surface area (Å²) in [5.74, 6) is 0.532. The molecular weight excluding hydrogens is 268 g/mol. The van der Waals surface area contributed by atoms with E-state index in [1.165, 1.54) is 4.57 Å². The van der Waals surface area contributed by atoms with Gasteiger partial charge in [0.15, 0.2) is 0 Å². The third kappa shape index (κ3) is 2.16. The van der Waals surface area contributed by atoms with Gasteiger partial charge in [-0.3, -0.25) is 9.36 Å². The number of hydrogen-bond acceptors (Lipinski definition) is 5. The lowest BCUT2D eigenvalue weighted by Crippen LogP contribution is -2.24. The molecule has 0 saturated carbocycles. The van der Waals surface area contributed by atoms with E-state index in [-0.39, 0.29) is 5.56 Å². The fourth-order valence-corrected chi connectivity index (χ4v) is 2.27. The average molecular weight is 284 g/mol. The highest BCUT2D eigenvalue weighted by Gasteiger charge is 2.13. The van der Waals surface area contributed by atoms with Crippen LogP contribution < -0.4 is 10.9 Å². The van der Waals surface area contributed by atoms with E-state index in [0.717, 1.165) is 17.6 Å². The largest absolute Gasteiger partial charge is 0.354 e. The van der Waals surface area contributed by atoms with E-state index in [0.29, 0.717) is 17.3 Å². The van der Waals surface area contributed by atoms with Crippen LogP contribution in [0.4, 0.5) is 5.95 Å². The molecular formula is C14H16N6O. The molecule has 0 atom stereocenters. The van der Waals surface area contributed by atoms with Crippen LogP contribution in [-0.2, 0) is 7.05 Å². The minimum absolute atomic E-state index is 0.147. The van der Waals surface area contributed by atoms with Crippen LogP contribution >= 0.6 is 0 Å². The number of nitrogens with zero attached hydrogens (tertiary/aromatic N) is 5. The Morgan fingerprint density at radius 2 is 2.14 bits per heavy atom. The number of anilines is 1. The van der Waals surface area contributed by atoms with Gasteiger partial charge in [-0.05, 0) is 26.0 Å². The van der Waals surface area contributed by atoms with Crippen molar-refractivity contribution in [1.82, 2.24) is 24.3 Å². The smallest absolute Gasteiger partial charge is 0.277 e. The molecule has 0 fully saturated rings. The molecule has 0 saturated heterocycles. The van der Waals surface area contributed by atoms with Gasteiger partial charge >= 0.3 is 0 Å². The summed E-state index contributed by atoms with van der Waals surface area (Å²) in [7, 11) is 1.71. The Kier molecular flexibility index (Phi) is 3.17. The summed E-state index contributed by atoms with van der Waals surface area (Å²) in [5, 5.41) is 8.03. The van der Waals surface area contributed by atoms with Crippen molar-refractivity contribution in [3.63, 3.8) is 0 Å². The van der Waals surface area contributed by atoms with Crippen LogP contribution in [0, 0.1) is 6.92 Å². The van der Waals surface area contributed by atoms with E-state index in [4.69, 9.17) is 0 Å². The van der Waals surface area contributed by atoms with Gasteiger partial charge in [-0.2, -0.15) is 10.1 Å². The van der Waals surface area contributed by atoms with Crippen LogP contribution in [-0.4, -0.2) is 30.9 Å². The molecule has 0 amide bonds. The molecule has 0 aliphatic rings. The zero-order chi connectivity index (χ0) is 15.0. The highest BCUT2D eigenvalue weighted by molar-refractivity contribution is 5.80. The number of rotatable bonds is 3. The summed E-state index contributed by atoms with van der Waals surface area (Å²) in [6.07, 6.45) is 3.38. The van der Waals surface area contributed by atoms with Crippen LogP contribution in [0.5, 0.6) is 0 Å². The first kappa shape index (κ1) is 13.3. The van der Waals surface area contributed by atoms with Gasteiger partial charge in [0.05, 0.1) is 5.69 Å². The first-order valence-corrected chi connectivity index (χ1v) is 6.74. The zero-order valence-corrected chi connectivity index (χ0v) is 12.2. The molecule has 3 rings (SSSR count). The van der Waals surface area contributed by atoms with E-state index in [9.17, 15) is 4.79 Å². The van der Waals surface area contributed by atoms with Gasteiger partial charge < -0.3 is 5.32 Å². The Balaban J connectivity index is 2.33. The number of aromatic nitrogens is 5. The van der Waals surface area contributed by atoms with Crippen molar-refractivity contribution in [1.29, 1.82) is 0 Å². The molecule has 1 N–H and O–H groups in total. The Bertz CT molecular complexity index is 850. The van der Waals surface area contributed by atoms with E-state index >= 15 is 0 Å². The lowest BCUT2D eigenvalue weighted by Gasteiger charge is -2.11. The third-order valence-electron chi connectivity index (χ3n) is 3.32. The molecule has 0 aliphatic carbocycles. The Morgan fingerprint density at radius 3 is 2.81 bits per heavy atom. The summed E-state index contributed by atoms with van der Waals surface area (Å²) in [6.45, 7) is 4.61. The molecule has 3 heterocycles. The van der Waals surface area contributed by atoms with Gasteiger partial charge in [0.2, 0.25) is 5.95 Å². The summed E-state index contributed by atoms with van der Waals surface area (Å²) in [6, 6.07) is 3.57. The molecule has 0 spiro atoms. The summed E-state index contributed by atoms with van der Waals surface area (Å²) < 4.78 is 3.08. The standard InChI is InChI=1S/C14H16N6O/c1-4-15-14-17-9(2)10-8-11(20-7-5-6-16-20)13(21)19(3)12(10)18-14/h5-8H,4H2,1-3H3,(H,15,17,18). The van der Waals surface area contributed by atoms with Gasteiger partial charge in [0.25, 0.3) is 5.56 Å². The van der Waals surface area contributed by atoms with Gasteiger partial charge in [0, 0.05) is 31.4 Å². The molecule has 0 aromatic carbocycles. The van der Waals surface area contributed by atoms with Gasteiger partial charge in [-0.15, -0.1) is 0 Å². The summed E-state index contributed by atoms with van der Waals surface area (Å²) in [4.78, 5) is 21.3. The molecule has 0 unspecified atom stereocenters. The number of nitrogens with one attached hydrogen (secondary N) is 1. The fourth-order valence-electron chi connectivity index (χ4n) is 2.27. The van der Waals surface area contributed by atoms with Crippen molar-refractivity contribution in [2.75, 3.05) is 11.9 Å². The maximum atomic E-state index is 12.5. The minimum Gasteiger partial charge on any atom is -0.354 e. The Hall–Kier alpha value is -2.70. The van der Waals surface area contributed by atoms with Crippen LogP contribution in [0.2, 0.25) is 0 Å². The normalized spacial score (nSPS) is 11.0. The van der Waals surface area contributed by atoms with Gasteiger partial charge in [-0.1, -0.05) is 0 Å². The van der Waals surface area contributed by atoms with E-state index in [1.54, 1.807) is 36.3 Å². The minimum atomic E-state index is -0.147. The van der Waals surface area contributed by atoms with Crippen molar-refractivity contribution in [2.24, 2.45) is 7.05 Å². The highest BCUT2D eigenvalue weighted by Crippen LogP contribution is 2.17. The molecule has 7 nitrogen and oxygen atoms in total. The van der Waals surface area contributed by atoms with Crippen LogP contribution in [0.1, 0.15) is 12.6 Å². The summed E-state index contributed by atoms with van der Waals surface area (Å²) in [5.41, 5.74) is 1.77.